The predicted octanol–water partition coefficient (Wildman–Crippen LogP) is 6.54. The molecule has 0 fully saturated rings. The molecule has 0 amide bonds. The van der Waals surface area contributed by atoms with Crippen LogP contribution in [0, 0.1) is 0 Å². The number of hydrogen-bond acceptors (Lipinski definition) is 2. The number of unbranched alkanes of at least 4 members (excludes halogenated alkanes) is 2. The number of alkyl halides is 2. The molecule has 136 valence electrons. The van der Waals surface area contributed by atoms with E-state index in [9.17, 15) is 13.6 Å². The van der Waals surface area contributed by atoms with Gasteiger partial charge in [-0.2, -0.15) is 0 Å². The lowest BCUT2D eigenvalue weighted by molar-refractivity contribution is -0.0136. The van der Waals surface area contributed by atoms with Crippen LogP contribution in [0.1, 0.15) is 57.8 Å². The number of fused-ring (bicyclic) bond motifs is 1. The van der Waals surface area contributed by atoms with Crippen LogP contribution >= 0.6 is 27.3 Å². The van der Waals surface area contributed by atoms with Gasteiger partial charge in [-0.3, -0.25) is 4.79 Å². The largest absolute Gasteiger partial charge is 0.317 e. The first kappa shape index (κ1) is 21.3. The lowest BCUT2D eigenvalue weighted by Crippen LogP contribution is -2.14. The van der Waals surface area contributed by atoms with Gasteiger partial charge in [0.15, 0.2) is 0 Å². The molecule has 0 saturated carbocycles. The Balaban J connectivity index is 0.000000257. The van der Waals surface area contributed by atoms with Crippen molar-refractivity contribution in [3.63, 3.8) is 0 Å². The van der Waals surface area contributed by atoms with E-state index in [1.54, 1.807) is 23.0 Å². The fourth-order valence-electron chi connectivity index (χ4n) is 2.24. The van der Waals surface area contributed by atoms with Crippen LogP contribution in [-0.4, -0.2) is 10.5 Å². The number of rotatable bonds is 6. The van der Waals surface area contributed by atoms with Crippen molar-refractivity contribution in [2.45, 2.75) is 65.2 Å². The zero-order valence-corrected chi connectivity index (χ0v) is 17.2. The number of aryl methyl sites for hydroxylation is 2. The maximum Gasteiger partial charge on any atom is 0.259 e. The van der Waals surface area contributed by atoms with E-state index in [4.69, 9.17) is 0 Å². The van der Waals surface area contributed by atoms with E-state index in [0.717, 1.165) is 33.8 Å². The van der Waals surface area contributed by atoms with Crippen molar-refractivity contribution < 1.29 is 8.78 Å². The number of pyridine rings is 1. The minimum atomic E-state index is -2.41. The third-order valence-electron chi connectivity index (χ3n) is 3.87. The highest BCUT2D eigenvalue weighted by Gasteiger charge is 2.24. The zero-order valence-electron chi connectivity index (χ0n) is 14.8. The SMILES string of the molecule is CCCCCC(F)(F)CC.CCc1cc2c(=O)n(C)cc(Br)c2s1. The summed E-state index contributed by atoms with van der Waals surface area (Å²) in [7, 11) is 1.77. The van der Waals surface area contributed by atoms with E-state index in [1.807, 2.05) is 19.2 Å². The van der Waals surface area contributed by atoms with Crippen molar-refractivity contribution in [1.29, 1.82) is 0 Å². The van der Waals surface area contributed by atoms with Gasteiger partial charge in [0.25, 0.3) is 5.56 Å². The van der Waals surface area contributed by atoms with Gasteiger partial charge in [-0.05, 0) is 34.8 Å². The second-order valence-corrected chi connectivity index (χ2v) is 7.86. The Morgan fingerprint density at radius 1 is 1.25 bits per heavy atom. The topological polar surface area (TPSA) is 22.0 Å². The molecule has 2 aromatic heterocycles. The van der Waals surface area contributed by atoms with Gasteiger partial charge in [0, 0.05) is 31.0 Å². The fourth-order valence-corrected chi connectivity index (χ4v) is 3.99. The van der Waals surface area contributed by atoms with Gasteiger partial charge in [0.2, 0.25) is 5.92 Å². The summed E-state index contributed by atoms with van der Waals surface area (Å²) in [5.41, 5.74) is 0.0825. The fraction of sp³-hybridized carbons (Fsp3) is 0.611. The quantitative estimate of drug-likeness (QED) is 0.485. The van der Waals surface area contributed by atoms with Crippen LogP contribution in [0.3, 0.4) is 0 Å². The van der Waals surface area contributed by atoms with Crippen molar-refractivity contribution in [3.8, 4) is 0 Å². The molecule has 2 rings (SSSR count). The van der Waals surface area contributed by atoms with Crippen LogP contribution in [-0.2, 0) is 13.5 Å². The smallest absolute Gasteiger partial charge is 0.259 e. The van der Waals surface area contributed by atoms with Crippen molar-refractivity contribution in [2.75, 3.05) is 0 Å². The zero-order chi connectivity index (χ0) is 18.3. The molecule has 2 nitrogen and oxygen atoms in total. The normalized spacial score (nSPS) is 11.5. The summed E-state index contributed by atoms with van der Waals surface area (Å²) in [4.78, 5) is 13.0. The Morgan fingerprint density at radius 2 is 1.92 bits per heavy atom. The minimum Gasteiger partial charge on any atom is -0.317 e. The van der Waals surface area contributed by atoms with Crippen molar-refractivity contribution in [3.05, 3.63) is 32.0 Å². The highest BCUT2D eigenvalue weighted by Crippen LogP contribution is 2.29. The monoisotopic (exact) mass is 421 g/mol. The first-order chi connectivity index (χ1) is 11.3. The molecule has 24 heavy (non-hydrogen) atoms. The van der Waals surface area contributed by atoms with E-state index in [1.165, 1.54) is 11.8 Å². The Hall–Kier alpha value is -0.750. The molecule has 2 heterocycles. The average molecular weight is 422 g/mol. The molecule has 0 aliphatic rings. The molecule has 0 aliphatic heterocycles. The summed E-state index contributed by atoms with van der Waals surface area (Å²) in [6.07, 6.45) is 5.45. The van der Waals surface area contributed by atoms with Gasteiger partial charge in [-0.1, -0.05) is 33.6 Å². The maximum atomic E-state index is 12.5. The Kier molecular flexibility index (Phi) is 8.57. The number of thiophene rings is 1. The summed E-state index contributed by atoms with van der Waals surface area (Å²) in [6, 6.07) is 1.99. The van der Waals surface area contributed by atoms with Gasteiger partial charge in [0.05, 0.1) is 14.6 Å². The molecule has 0 atom stereocenters. The maximum absolute atomic E-state index is 12.5. The summed E-state index contributed by atoms with van der Waals surface area (Å²) in [5.74, 6) is -2.41. The van der Waals surface area contributed by atoms with Crippen LogP contribution < -0.4 is 5.56 Å². The molecular formula is C18H26BrF2NOS. The van der Waals surface area contributed by atoms with Crippen molar-refractivity contribution in [2.24, 2.45) is 7.05 Å². The molecule has 0 bridgehead atoms. The lowest BCUT2D eigenvalue weighted by Gasteiger charge is -2.12. The van der Waals surface area contributed by atoms with E-state index in [-0.39, 0.29) is 18.4 Å². The van der Waals surface area contributed by atoms with Gasteiger partial charge < -0.3 is 4.57 Å². The highest BCUT2D eigenvalue weighted by atomic mass is 79.9. The summed E-state index contributed by atoms with van der Waals surface area (Å²) in [5, 5.41) is 0.823. The summed E-state index contributed by atoms with van der Waals surface area (Å²) < 4.78 is 28.6. The van der Waals surface area contributed by atoms with Crippen LogP contribution in [0.15, 0.2) is 21.5 Å². The van der Waals surface area contributed by atoms with Gasteiger partial charge in [0.1, 0.15) is 0 Å². The van der Waals surface area contributed by atoms with E-state index in [2.05, 4.69) is 22.9 Å². The molecule has 0 N–H and O–H groups in total. The first-order valence-electron chi connectivity index (χ1n) is 8.41. The van der Waals surface area contributed by atoms with E-state index < -0.39 is 5.92 Å². The summed E-state index contributed by atoms with van der Waals surface area (Å²) in [6.45, 7) is 5.65. The standard InChI is InChI=1S/C10H10BrNOS.C8H16F2/c1-3-6-4-7-9(14-6)8(11)5-12(2)10(7)13;1-3-5-6-7-8(9,10)4-2/h4-5H,3H2,1-2H3;3-7H2,1-2H3. The van der Waals surface area contributed by atoms with Crippen LogP contribution in [0.5, 0.6) is 0 Å². The molecule has 0 aromatic carbocycles. The third kappa shape index (κ3) is 5.96. The number of aromatic nitrogens is 1. The van der Waals surface area contributed by atoms with Crippen LogP contribution in [0.2, 0.25) is 0 Å². The third-order valence-corrected chi connectivity index (χ3v) is 6.05. The minimum absolute atomic E-state index is 0.0171. The lowest BCUT2D eigenvalue weighted by atomic mass is 10.1. The van der Waals surface area contributed by atoms with Crippen LogP contribution in [0.4, 0.5) is 8.78 Å². The van der Waals surface area contributed by atoms with Gasteiger partial charge in [-0.15, -0.1) is 11.3 Å². The van der Waals surface area contributed by atoms with Crippen molar-refractivity contribution >= 4 is 37.4 Å². The predicted molar refractivity (Wildman–Crippen MR) is 104 cm³/mol. The average Bonchev–Trinajstić information content (AvgIpc) is 2.99. The van der Waals surface area contributed by atoms with Gasteiger partial charge >= 0.3 is 0 Å². The molecule has 0 saturated heterocycles. The number of hydrogen-bond donors (Lipinski definition) is 0. The second kappa shape index (κ2) is 9.66. The molecule has 0 spiro atoms. The first-order valence-corrected chi connectivity index (χ1v) is 10.0. The molecule has 0 unspecified atom stereocenters. The Labute approximate surface area is 155 Å². The van der Waals surface area contributed by atoms with Gasteiger partial charge in [-0.25, -0.2) is 8.78 Å². The van der Waals surface area contributed by atoms with Crippen LogP contribution in [0.25, 0.3) is 10.1 Å². The molecule has 0 radical (unpaired) electrons. The van der Waals surface area contributed by atoms with E-state index >= 15 is 0 Å². The van der Waals surface area contributed by atoms with Crippen molar-refractivity contribution in [1.82, 2.24) is 4.57 Å². The molecule has 0 aliphatic carbocycles. The number of nitrogens with zero attached hydrogens (tertiary/aromatic N) is 1. The summed E-state index contributed by atoms with van der Waals surface area (Å²) >= 11 is 5.16. The van der Waals surface area contributed by atoms with E-state index in [0.29, 0.717) is 6.42 Å². The second-order valence-electron chi connectivity index (χ2n) is 5.87. The molecular weight excluding hydrogens is 396 g/mol. The molecule has 6 heteroatoms. The Morgan fingerprint density at radius 3 is 2.46 bits per heavy atom. The highest BCUT2D eigenvalue weighted by molar-refractivity contribution is 9.10. The number of halogens is 3. The molecule has 2 aromatic rings. The Bertz CT molecular complexity index is 709.